The van der Waals surface area contributed by atoms with Crippen LogP contribution in [0.5, 0.6) is 0 Å². The fourth-order valence-corrected chi connectivity index (χ4v) is 3.21. The van der Waals surface area contributed by atoms with Crippen LogP contribution in [0, 0.1) is 0 Å². The number of aliphatic hydroxyl groups is 1. The summed E-state index contributed by atoms with van der Waals surface area (Å²) < 4.78 is 1.42. The number of nitrogens with one attached hydrogen (secondary N) is 3. The van der Waals surface area contributed by atoms with Gasteiger partial charge in [0.2, 0.25) is 0 Å². The highest BCUT2D eigenvalue weighted by Gasteiger charge is 2.14. The van der Waals surface area contributed by atoms with E-state index in [1.54, 1.807) is 36.4 Å². The van der Waals surface area contributed by atoms with E-state index < -0.39 is 11.9 Å². The number of anilines is 2. The quantitative estimate of drug-likeness (QED) is 0.505. The molecule has 0 spiro atoms. The van der Waals surface area contributed by atoms with Crippen molar-refractivity contribution in [1.82, 2.24) is 5.32 Å². The normalized spacial score (nSPS) is 10.2. The van der Waals surface area contributed by atoms with E-state index in [2.05, 4.69) is 47.8 Å². The number of benzene rings is 2. The summed E-state index contributed by atoms with van der Waals surface area (Å²) in [5, 5.41) is 17.1. The van der Waals surface area contributed by atoms with Crippen LogP contribution in [-0.2, 0) is 0 Å². The summed E-state index contributed by atoms with van der Waals surface area (Å²) in [6.45, 7) is -0.0494. The van der Waals surface area contributed by atoms with Gasteiger partial charge in [-0.15, -0.1) is 0 Å². The van der Waals surface area contributed by atoms with Gasteiger partial charge in [-0.3, -0.25) is 4.79 Å². The molecule has 0 heterocycles. The Kier molecular flexibility index (Phi) is 7.24. The van der Waals surface area contributed by atoms with Gasteiger partial charge in [0, 0.05) is 26.2 Å². The highest BCUT2D eigenvalue weighted by atomic mass is 79.9. The van der Waals surface area contributed by atoms with Crippen molar-refractivity contribution < 1.29 is 14.7 Å². The summed E-state index contributed by atoms with van der Waals surface area (Å²) in [5.74, 6) is -0.401. The van der Waals surface area contributed by atoms with Crippen molar-refractivity contribution in [3.8, 4) is 0 Å². The van der Waals surface area contributed by atoms with Crippen LogP contribution < -0.4 is 16.0 Å². The van der Waals surface area contributed by atoms with E-state index in [0.29, 0.717) is 20.9 Å². The minimum Gasteiger partial charge on any atom is -0.395 e. The lowest BCUT2D eigenvalue weighted by Gasteiger charge is -2.13. The molecule has 9 heteroatoms. The second-order valence-corrected chi connectivity index (χ2v) is 7.17. The van der Waals surface area contributed by atoms with Crippen LogP contribution in [0.15, 0.2) is 45.3 Å². The van der Waals surface area contributed by atoms with Crippen molar-refractivity contribution in [2.75, 3.05) is 23.8 Å². The van der Waals surface area contributed by atoms with Crippen LogP contribution in [0.2, 0.25) is 5.02 Å². The maximum Gasteiger partial charge on any atom is 0.323 e. The molecule has 2 rings (SSSR count). The average molecular weight is 492 g/mol. The Labute approximate surface area is 166 Å². The summed E-state index contributed by atoms with van der Waals surface area (Å²) >= 11 is 12.6. The number of hydrogen-bond donors (Lipinski definition) is 4. The number of carbonyl (C=O) groups is 2. The summed E-state index contributed by atoms with van der Waals surface area (Å²) in [6, 6.07) is 9.34. The van der Waals surface area contributed by atoms with Crippen molar-refractivity contribution in [3.63, 3.8) is 0 Å². The third-order valence-corrected chi connectivity index (χ3v) is 4.16. The zero-order valence-electron chi connectivity index (χ0n) is 12.8. The third-order valence-electron chi connectivity index (χ3n) is 2.99. The topological polar surface area (TPSA) is 90.5 Å². The maximum absolute atomic E-state index is 12.2. The molecular formula is C16H14Br2ClN3O3. The van der Waals surface area contributed by atoms with Crippen molar-refractivity contribution in [2.24, 2.45) is 0 Å². The molecule has 0 bridgehead atoms. The fraction of sp³-hybridized carbons (Fsp3) is 0.125. The summed E-state index contributed by atoms with van der Waals surface area (Å²) in [7, 11) is 0. The first-order valence-corrected chi connectivity index (χ1v) is 9.08. The van der Waals surface area contributed by atoms with Crippen molar-refractivity contribution in [1.29, 1.82) is 0 Å². The molecular weight excluding hydrogens is 477 g/mol. The van der Waals surface area contributed by atoms with E-state index in [4.69, 9.17) is 16.7 Å². The molecule has 25 heavy (non-hydrogen) atoms. The van der Waals surface area contributed by atoms with Gasteiger partial charge in [0.15, 0.2) is 0 Å². The lowest BCUT2D eigenvalue weighted by molar-refractivity contribution is 0.0945. The lowest BCUT2D eigenvalue weighted by Crippen LogP contribution is -2.28. The largest absolute Gasteiger partial charge is 0.395 e. The van der Waals surface area contributed by atoms with Crippen LogP contribution in [0.3, 0.4) is 0 Å². The molecule has 0 saturated heterocycles. The molecule has 0 aromatic heterocycles. The van der Waals surface area contributed by atoms with Crippen LogP contribution >= 0.6 is 43.5 Å². The number of amides is 3. The average Bonchev–Trinajstić information content (AvgIpc) is 2.51. The number of urea groups is 1. The van der Waals surface area contributed by atoms with Crippen LogP contribution in [0.4, 0.5) is 16.2 Å². The van der Waals surface area contributed by atoms with Crippen LogP contribution in [0.25, 0.3) is 0 Å². The first-order valence-electron chi connectivity index (χ1n) is 7.12. The molecule has 0 fully saturated rings. The van der Waals surface area contributed by atoms with Gasteiger partial charge in [0.1, 0.15) is 0 Å². The maximum atomic E-state index is 12.2. The number of halogens is 3. The van der Waals surface area contributed by atoms with E-state index in [1.807, 2.05) is 0 Å². The van der Waals surface area contributed by atoms with Gasteiger partial charge >= 0.3 is 6.03 Å². The Hall–Kier alpha value is -1.61. The number of aliphatic hydroxyl groups excluding tert-OH is 1. The van der Waals surface area contributed by atoms with E-state index in [1.165, 1.54) is 0 Å². The summed E-state index contributed by atoms with van der Waals surface area (Å²) in [5.41, 5.74) is 1.10. The van der Waals surface area contributed by atoms with Gasteiger partial charge in [-0.05, 0) is 36.4 Å². The van der Waals surface area contributed by atoms with Gasteiger partial charge in [0.05, 0.1) is 17.9 Å². The molecule has 0 saturated carbocycles. The Morgan fingerprint density at radius 2 is 1.80 bits per heavy atom. The molecule has 3 amide bonds. The summed E-state index contributed by atoms with van der Waals surface area (Å²) in [6.07, 6.45) is 0. The van der Waals surface area contributed by atoms with Crippen LogP contribution in [-0.4, -0.2) is 30.2 Å². The molecule has 2 aromatic rings. The lowest BCUT2D eigenvalue weighted by atomic mass is 10.1. The van der Waals surface area contributed by atoms with Crippen molar-refractivity contribution >= 4 is 66.8 Å². The monoisotopic (exact) mass is 489 g/mol. The van der Waals surface area contributed by atoms with Gasteiger partial charge in [-0.2, -0.15) is 0 Å². The zero-order valence-corrected chi connectivity index (χ0v) is 16.7. The van der Waals surface area contributed by atoms with Gasteiger partial charge < -0.3 is 21.1 Å². The molecule has 0 unspecified atom stereocenters. The first-order chi connectivity index (χ1) is 11.9. The number of carbonyl (C=O) groups excluding carboxylic acids is 2. The fourth-order valence-electron chi connectivity index (χ4n) is 1.99. The van der Waals surface area contributed by atoms with Gasteiger partial charge in [-0.1, -0.05) is 43.5 Å². The second kappa shape index (κ2) is 9.19. The van der Waals surface area contributed by atoms with E-state index >= 15 is 0 Å². The Morgan fingerprint density at radius 1 is 1.04 bits per heavy atom. The molecule has 0 atom stereocenters. The minimum atomic E-state index is -0.525. The SMILES string of the molecule is O=C(Nc1cc(Cl)cc(Br)c1)Nc1cc(Br)ccc1C(=O)NCCO. The Bertz CT molecular complexity index is 782. The predicted octanol–water partition coefficient (Wildman–Crippen LogP) is 4.23. The van der Waals surface area contributed by atoms with E-state index in [0.717, 1.165) is 4.47 Å². The molecule has 0 aliphatic heterocycles. The second-order valence-electron chi connectivity index (χ2n) is 4.91. The molecule has 2 aromatic carbocycles. The van der Waals surface area contributed by atoms with E-state index in [-0.39, 0.29) is 18.7 Å². The molecule has 0 radical (unpaired) electrons. The number of hydrogen-bond acceptors (Lipinski definition) is 3. The Balaban J connectivity index is 2.16. The number of rotatable bonds is 5. The molecule has 6 nitrogen and oxygen atoms in total. The van der Waals surface area contributed by atoms with Gasteiger partial charge in [-0.25, -0.2) is 4.79 Å². The predicted molar refractivity (Wildman–Crippen MR) is 105 cm³/mol. The standard InChI is InChI=1S/C16H14Br2ClN3O3/c17-9-1-2-13(15(24)20-3-4-23)14(7-9)22-16(25)21-12-6-10(18)5-11(19)8-12/h1-2,5-8,23H,3-4H2,(H,20,24)(H2,21,22,25). The molecule has 4 N–H and O–H groups in total. The minimum absolute atomic E-state index is 0.122. The molecule has 0 aliphatic rings. The Morgan fingerprint density at radius 3 is 2.48 bits per heavy atom. The van der Waals surface area contributed by atoms with Crippen LogP contribution in [0.1, 0.15) is 10.4 Å². The van der Waals surface area contributed by atoms with Gasteiger partial charge in [0.25, 0.3) is 5.91 Å². The summed E-state index contributed by atoms with van der Waals surface area (Å²) in [4.78, 5) is 24.4. The van der Waals surface area contributed by atoms with Crippen molar-refractivity contribution in [3.05, 3.63) is 55.9 Å². The molecule has 132 valence electrons. The first kappa shape index (κ1) is 19.7. The van der Waals surface area contributed by atoms with Crippen molar-refractivity contribution in [2.45, 2.75) is 0 Å². The zero-order chi connectivity index (χ0) is 18.4. The molecule has 0 aliphatic carbocycles. The smallest absolute Gasteiger partial charge is 0.323 e. The third kappa shape index (κ3) is 6.00. The van der Waals surface area contributed by atoms with E-state index in [9.17, 15) is 9.59 Å². The highest BCUT2D eigenvalue weighted by molar-refractivity contribution is 9.10. The highest BCUT2D eigenvalue weighted by Crippen LogP contribution is 2.24.